The topological polar surface area (TPSA) is 92.5 Å². The van der Waals surface area contributed by atoms with Crippen LogP contribution in [-0.2, 0) is 23.0 Å². The molecule has 0 unspecified atom stereocenters. The van der Waals surface area contributed by atoms with E-state index in [1.807, 2.05) is 24.3 Å². The van der Waals surface area contributed by atoms with Crippen molar-refractivity contribution >= 4 is 33.1 Å². The minimum Gasteiger partial charge on any atom is -0.360 e. The number of aromatic nitrogens is 1. The standard InChI is InChI=1S/C18H17N3O4S2/c1-12-8-17(20-25-12)19-18(22)16-9-15(11-26-16)27(23,24)21-7-6-13-4-2-3-5-14(13)10-21/h2-5,8-9,11H,6-7,10H2,1H3,(H,19,20,22). The summed E-state index contributed by atoms with van der Waals surface area (Å²) in [6.45, 7) is 2.48. The Morgan fingerprint density at radius 1 is 1.26 bits per heavy atom. The van der Waals surface area contributed by atoms with Gasteiger partial charge in [0.05, 0.1) is 9.77 Å². The van der Waals surface area contributed by atoms with Crippen molar-refractivity contribution in [1.29, 1.82) is 0 Å². The number of carbonyl (C=O) groups is 1. The fourth-order valence-corrected chi connectivity index (χ4v) is 5.58. The minimum atomic E-state index is -3.66. The van der Waals surface area contributed by atoms with Crippen LogP contribution in [0.4, 0.5) is 5.82 Å². The van der Waals surface area contributed by atoms with E-state index in [0.29, 0.717) is 36.0 Å². The van der Waals surface area contributed by atoms with E-state index >= 15 is 0 Å². The number of rotatable bonds is 4. The molecule has 1 aromatic carbocycles. The monoisotopic (exact) mass is 403 g/mol. The summed E-state index contributed by atoms with van der Waals surface area (Å²) in [6.07, 6.45) is 0.679. The van der Waals surface area contributed by atoms with Crippen LogP contribution in [-0.4, -0.2) is 30.3 Å². The Kier molecular flexibility index (Phi) is 4.58. The van der Waals surface area contributed by atoms with E-state index in [-0.39, 0.29) is 4.90 Å². The molecule has 2 aromatic heterocycles. The molecule has 4 rings (SSSR count). The number of aryl methyl sites for hydroxylation is 1. The van der Waals surface area contributed by atoms with Crippen molar-refractivity contribution in [3.8, 4) is 0 Å². The molecule has 27 heavy (non-hydrogen) atoms. The van der Waals surface area contributed by atoms with Gasteiger partial charge in [-0.1, -0.05) is 29.4 Å². The van der Waals surface area contributed by atoms with E-state index in [2.05, 4.69) is 10.5 Å². The van der Waals surface area contributed by atoms with Gasteiger partial charge in [-0.25, -0.2) is 8.42 Å². The Bertz CT molecular complexity index is 1100. The first-order valence-electron chi connectivity index (χ1n) is 8.33. The zero-order chi connectivity index (χ0) is 19.0. The Hall–Kier alpha value is -2.49. The van der Waals surface area contributed by atoms with Gasteiger partial charge in [-0.3, -0.25) is 4.79 Å². The van der Waals surface area contributed by atoms with E-state index in [0.717, 1.165) is 16.9 Å². The Labute approximate surface area is 160 Å². The molecule has 0 bridgehead atoms. The second-order valence-electron chi connectivity index (χ2n) is 6.28. The van der Waals surface area contributed by atoms with Crippen LogP contribution in [0.2, 0.25) is 0 Å². The molecule has 0 radical (unpaired) electrons. The highest BCUT2D eigenvalue weighted by atomic mass is 32.2. The average molecular weight is 403 g/mol. The number of fused-ring (bicyclic) bond motifs is 1. The SMILES string of the molecule is Cc1cc(NC(=O)c2cc(S(=O)(=O)N3CCc4ccccc4C3)cs2)no1. The van der Waals surface area contributed by atoms with Crippen LogP contribution in [0, 0.1) is 6.92 Å². The molecule has 7 nitrogen and oxygen atoms in total. The molecule has 9 heteroatoms. The molecule has 0 aliphatic carbocycles. The van der Waals surface area contributed by atoms with Gasteiger partial charge in [0.2, 0.25) is 10.0 Å². The van der Waals surface area contributed by atoms with Gasteiger partial charge in [0.25, 0.3) is 5.91 Å². The smallest absolute Gasteiger partial charge is 0.267 e. The molecule has 0 saturated carbocycles. The van der Waals surface area contributed by atoms with Gasteiger partial charge in [0.1, 0.15) is 5.76 Å². The largest absolute Gasteiger partial charge is 0.360 e. The summed E-state index contributed by atoms with van der Waals surface area (Å²) in [6, 6.07) is 10.8. The summed E-state index contributed by atoms with van der Waals surface area (Å²) < 4.78 is 32.3. The maximum absolute atomic E-state index is 13.0. The summed E-state index contributed by atoms with van der Waals surface area (Å²) in [5.41, 5.74) is 2.19. The molecule has 1 aliphatic heterocycles. The third-order valence-electron chi connectivity index (χ3n) is 4.40. The highest BCUT2D eigenvalue weighted by Crippen LogP contribution is 2.28. The van der Waals surface area contributed by atoms with Crippen molar-refractivity contribution < 1.29 is 17.7 Å². The first kappa shape index (κ1) is 17.9. The van der Waals surface area contributed by atoms with Crippen LogP contribution in [0.25, 0.3) is 0 Å². The van der Waals surface area contributed by atoms with Gasteiger partial charge in [0.15, 0.2) is 5.82 Å². The normalized spacial score (nSPS) is 14.7. The van der Waals surface area contributed by atoms with Gasteiger partial charge >= 0.3 is 0 Å². The van der Waals surface area contributed by atoms with Crippen LogP contribution in [0.15, 0.2) is 51.2 Å². The molecule has 1 N–H and O–H groups in total. The molecule has 0 atom stereocenters. The Balaban J connectivity index is 1.53. The maximum atomic E-state index is 13.0. The highest BCUT2D eigenvalue weighted by Gasteiger charge is 2.29. The van der Waals surface area contributed by atoms with Crippen LogP contribution in [0.3, 0.4) is 0 Å². The lowest BCUT2D eigenvalue weighted by Crippen LogP contribution is -2.35. The highest BCUT2D eigenvalue weighted by molar-refractivity contribution is 7.89. The van der Waals surface area contributed by atoms with Crippen molar-refractivity contribution in [3.05, 3.63) is 63.5 Å². The lowest BCUT2D eigenvalue weighted by molar-refractivity contribution is 0.102. The molecule has 0 fully saturated rings. The van der Waals surface area contributed by atoms with Crippen LogP contribution in [0.5, 0.6) is 0 Å². The quantitative estimate of drug-likeness (QED) is 0.723. The second-order valence-corrected chi connectivity index (χ2v) is 9.13. The van der Waals surface area contributed by atoms with E-state index < -0.39 is 15.9 Å². The molecule has 3 heterocycles. The zero-order valence-corrected chi connectivity index (χ0v) is 16.1. The van der Waals surface area contributed by atoms with E-state index in [1.54, 1.807) is 13.0 Å². The molecule has 1 aliphatic rings. The van der Waals surface area contributed by atoms with Gasteiger partial charge in [-0.05, 0) is 30.5 Å². The van der Waals surface area contributed by atoms with Crippen molar-refractivity contribution in [2.75, 3.05) is 11.9 Å². The number of benzene rings is 1. The third-order valence-corrected chi connectivity index (χ3v) is 7.30. The average Bonchev–Trinajstić information content (AvgIpc) is 3.31. The summed E-state index contributed by atoms with van der Waals surface area (Å²) in [7, 11) is -3.66. The fourth-order valence-electron chi connectivity index (χ4n) is 3.00. The molecule has 0 spiro atoms. The van der Waals surface area contributed by atoms with Crippen molar-refractivity contribution in [2.45, 2.75) is 24.8 Å². The first-order chi connectivity index (χ1) is 12.9. The molecule has 1 amide bonds. The third kappa shape index (κ3) is 3.53. The van der Waals surface area contributed by atoms with Crippen molar-refractivity contribution in [2.24, 2.45) is 0 Å². The Morgan fingerprint density at radius 3 is 2.78 bits per heavy atom. The number of hydrogen-bond acceptors (Lipinski definition) is 6. The van der Waals surface area contributed by atoms with E-state index in [4.69, 9.17) is 4.52 Å². The van der Waals surface area contributed by atoms with Gasteiger partial charge in [0, 0.05) is 24.5 Å². The minimum absolute atomic E-state index is 0.133. The number of thiophene rings is 1. The van der Waals surface area contributed by atoms with Crippen molar-refractivity contribution in [3.63, 3.8) is 0 Å². The molecular formula is C18H17N3O4S2. The fraction of sp³-hybridized carbons (Fsp3) is 0.222. The first-order valence-corrected chi connectivity index (χ1v) is 10.7. The zero-order valence-electron chi connectivity index (χ0n) is 14.5. The summed E-state index contributed by atoms with van der Waals surface area (Å²) >= 11 is 1.08. The number of sulfonamides is 1. The van der Waals surface area contributed by atoms with Crippen LogP contribution < -0.4 is 5.32 Å². The van der Waals surface area contributed by atoms with E-state index in [9.17, 15) is 13.2 Å². The number of carbonyl (C=O) groups excluding carboxylic acids is 1. The summed E-state index contributed by atoms with van der Waals surface area (Å²) in [5.74, 6) is 0.451. The van der Waals surface area contributed by atoms with E-state index in [1.165, 1.54) is 21.3 Å². The molecule has 0 saturated heterocycles. The predicted molar refractivity (Wildman–Crippen MR) is 101 cm³/mol. The lowest BCUT2D eigenvalue weighted by Gasteiger charge is -2.27. The number of amides is 1. The number of nitrogens with one attached hydrogen (secondary N) is 1. The number of anilines is 1. The van der Waals surface area contributed by atoms with Crippen LogP contribution in [0.1, 0.15) is 26.6 Å². The summed E-state index contributed by atoms with van der Waals surface area (Å²) in [4.78, 5) is 12.7. The maximum Gasteiger partial charge on any atom is 0.267 e. The second kappa shape index (κ2) is 6.91. The van der Waals surface area contributed by atoms with Gasteiger partial charge in [-0.2, -0.15) is 4.31 Å². The van der Waals surface area contributed by atoms with Gasteiger partial charge < -0.3 is 9.84 Å². The molecule has 3 aromatic rings. The number of hydrogen-bond donors (Lipinski definition) is 1. The van der Waals surface area contributed by atoms with Crippen LogP contribution >= 0.6 is 11.3 Å². The summed E-state index contributed by atoms with van der Waals surface area (Å²) in [5, 5.41) is 7.80. The lowest BCUT2D eigenvalue weighted by atomic mass is 10.0. The number of nitrogens with zero attached hydrogens (tertiary/aromatic N) is 2. The molecule has 140 valence electrons. The van der Waals surface area contributed by atoms with Gasteiger partial charge in [-0.15, -0.1) is 11.3 Å². The predicted octanol–water partition coefficient (Wildman–Crippen LogP) is 3.04. The Morgan fingerprint density at radius 2 is 2.04 bits per heavy atom. The molecular weight excluding hydrogens is 386 g/mol. The van der Waals surface area contributed by atoms with Crippen molar-refractivity contribution in [1.82, 2.24) is 9.46 Å².